The van der Waals surface area contributed by atoms with Gasteiger partial charge in [0.1, 0.15) is 5.82 Å². The second kappa shape index (κ2) is 8.20. The summed E-state index contributed by atoms with van der Waals surface area (Å²) in [4.78, 5) is 24.2. The highest BCUT2D eigenvalue weighted by Crippen LogP contribution is 2.29. The van der Waals surface area contributed by atoms with Crippen LogP contribution in [-0.2, 0) is 6.18 Å². The minimum Gasteiger partial charge on any atom is -0.353 e. The van der Waals surface area contributed by atoms with Gasteiger partial charge in [0.2, 0.25) is 5.82 Å². The van der Waals surface area contributed by atoms with E-state index in [1.807, 2.05) is 29.2 Å². The van der Waals surface area contributed by atoms with E-state index in [-0.39, 0.29) is 11.7 Å². The molecule has 7 nitrogen and oxygen atoms in total. The molecule has 1 fully saturated rings. The third-order valence-electron chi connectivity index (χ3n) is 4.67. The van der Waals surface area contributed by atoms with Crippen molar-refractivity contribution in [3.05, 3.63) is 57.6 Å². The molecular weight excluding hydrogens is 514 g/mol. The molecule has 3 heterocycles. The number of aromatic nitrogens is 3. The van der Waals surface area contributed by atoms with Crippen LogP contribution in [0, 0.1) is 3.57 Å². The third-order valence-corrected chi connectivity index (χ3v) is 5.61. The molecule has 0 aliphatic carbocycles. The standard InChI is InChI=1S/C19H15F3IN5O2/c20-19(21,22)18-25-16(26-30-18)12-5-6-15(24-11-12)27-7-9-28(10-8-27)17(29)13-3-1-2-4-14(13)23/h1-6,11H,7-10H2. The van der Waals surface area contributed by atoms with Crippen LogP contribution in [-0.4, -0.2) is 52.1 Å². The van der Waals surface area contributed by atoms with Crippen LogP contribution in [0.25, 0.3) is 11.4 Å². The SMILES string of the molecule is O=C(c1ccccc1I)N1CCN(c2ccc(-c3noc(C(F)(F)F)n3)cn2)CC1. The highest BCUT2D eigenvalue weighted by Gasteiger charge is 2.38. The van der Waals surface area contributed by atoms with Crippen LogP contribution < -0.4 is 4.90 Å². The highest BCUT2D eigenvalue weighted by atomic mass is 127. The number of carbonyl (C=O) groups excluding carboxylic acids is 1. The Morgan fingerprint density at radius 3 is 2.40 bits per heavy atom. The number of anilines is 1. The summed E-state index contributed by atoms with van der Waals surface area (Å²) in [7, 11) is 0. The van der Waals surface area contributed by atoms with Gasteiger partial charge in [-0.15, -0.1) is 0 Å². The van der Waals surface area contributed by atoms with Gasteiger partial charge in [-0.05, 0) is 46.9 Å². The number of pyridine rings is 1. The molecule has 3 aromatic rings. The number of carbonyl (C=O) groups is 1. The van der Waals surface area contributed by atoms with Gasteiger partial charge < -0.3 is 14.3 Å². The number of benzene rings is 1. The Balaban J connectivity index is 1.40. The first-order valence-electron chi connectivity index (χ1n) is 8.99. The smallest absolute Gasteiger partial charge is 0.353 e. The van der Waals surface area contributed by atoms with Gasteiger partial charge in [-0.25, -0.2) is 4.98 Å². The van der Waals surface area contributed by atoms with Gasteiger partial charge >= 0.3 is 12.1 Å². The van der Waals surface area contributed by atoms with Crippen LogP contribution in [0.3, 0.4) is 0 Å². The predicted octanol–water partition coefficient (Wildman–Crippen LogP) is 3.72. The van der Waals surface area contributed by atoms with Crippen LogP contribution in [0.5, 0.6) is 0 Å². The summed E-state index contributed by atoms with van der Waals surface area (Å²) < 4.78 is 42.9. The van der Waals surface area contributed by atoms with E-state index in [0.29, 0.717) is 43.1 Å². The van der Waals surface area contributed by atoms with E-state index < -0.39 is 12.1 Å². The zero-order valence-corrected chi connectivity index (χ0v) is 17.6. The summed E-state index contributed by atoms with van der Waals surface area (Å²) in [5.74, 6) is -0.898. The molecule has 4 rings (SSSR count). The average Bonchev–Trinajstić information content (AvgIpc) is 3.25. The van der Waals surface area contributed by atoms with E-state index in [1.165, 1.54) is 6.20 Å². The fraction of sp³-hybridized carbons (Fsp3) is 0.263. The topological polar surface area (TPSA) is 75.4 Å². The summed E-state index contributed by atoms with van der Waals surface area (Å²) in [5.41, 5.74) is 1.01. The normalized spacial score (nSPS) is 14.8. The highest BCUT2D eigenvalue weighted by molar-refractivity contribution is 14.1. The van der Waals surface area contributed by atoms with Crippen molar-refractivity contribution in [3.8, 4) is 11.4 Å². The van der Waals surface area contributed by atoms with Gasteiger partial charge in [0, 0.05) is 41.5 Å². The van der Waals surface area contributed by atoms with Crippen molar-refractivity contribution >= 4 is 34.3 Å². The zero-order valence-electron chi connectivity index (χ0n) is 15.4. The summed E-state index contributed by atoms with van der Waals surface area (Å²) in [5, 5.41) is 3.36. The Bertz CT molecular complexity index is 1050. The Morgan fingerprint density at radius 2 is 1.80 bits per heavy atom. The quantitative estimate of drug-likeness (QED) is 0.482. The van der Waals surface area contributed by atoms with Gasteiger partial charge in [-0.1, -0.05) is 17.3 Å². The Kier molecular flexibility index (Phi) is 5.62. The Hall–Kier alpha value is -2.70. The molecule has 1 saturated heterocycles. The van der Waals surface area contributed by atoms with Crippen molar-refractivity contribution in [2.45, 2.75) is 6.18 Å². The van der Waals surface area contributed by atoms with Crippen molar-refractivity contribution < 1.29 is 22.5 Å². The van der Waals surface area contributed by atoms with Crippen molar-refractivity contribution in [1.29, 1.82) is 0 Å². The first-order chi connectivity index (χ1) is 14.3. The van der Waals surface area contributed by atoms with E-state index >= 15 is 0 Å². The second-order valence-electron chi connectivity index (χ2n) is 6.59. The molecule has 1 aromatic carbocycles. The fourth-order valence-electron chi connectivity index (χ4n) is 3.10. The lowest BCUT2D eigenvalue weighted by molar-refractivity contribution is -0.159. The summed E-state index contributed by atoms with van der Waals surface area (Å²) >= 11 is 2.15. The van der Waals surface area contributed by atoms with Crippen molar-refractivity contribution in [1.82, 2.24) is 20.0 Å². The maximum Gasteiger partial charge on any atom is 0.471 e. The molecule has 0 spiro atoms. The van der Waals surface area contributed by atoms with Gasteiger partial charge in [0.05, 0.1) is 5.56 Å². The molecule has 1 amide bonds. The van der Waals surface area contributed by atoms with Gasteiger partial charge in [-0.3, -0.25) is 4.79 Å². The molecule has 0 unspecified atom stereocenters. The minimum absolute atomic E-state index is 0.000493. The molecule has 1 aliphatic heterocycles. The minimum atomic E-state index is -4.69. The number of hydrogen-bond donors (Lipinski definition) is 0. The van der Waals surface area contributed by atoms with E-state index in [0.717, 1.165) is 3.57 Å². The van der Waals surface area contributed by atoms with Gasteiger partial charge in [-0.2, -0.15) is 18.2 Å². The number of rotatable bonds is 3. The maximum absolute atomic E-state index is 12.7. The zero-order chi connectivity index (χ0) is 21.3. The van der Waals surface area contributed by atoms with Crippen molar-refractivity contribution in [2.24, 2.45) is 0 Å². The van der Waals surface area contributed by atoms with E-state index in [9.17, 15) is 18.0 Å². The molecule has 0 bridgehead atoms. The predicted molar refractivity (Wildman–Crippen MR) is 110 cm³/mol. The summed E-state index contributed by atoms with van der Waals surface area (Å²) in [6.07, 6.45) is -3.28. The third kappa shape index (κ3) is 4.25. The lowest BCUT2D eigenvalue weighted by atomic mass is 10.2. The maximum atomic E-state index is 12.7. The summed E-state index contributed by atoms with van der Waals surface area (Å²) in [6, 6.07) is 10.7. The molecule has 0 radical (unpaired) electrons. The lowest BCUT2D eigenvalue weighted by Crippen LogP contribution is -2.49. The molecular formula is C19H15F3IN5O2. The number of nitrogens with zero attached hydrogens (tertiary/aromatic N) is 5. The molecule has 11 heteroatoms. The Morgan fingerprint density at radius 1 is 1.07 bits per heavy atom. The van der Waals surface area contributed by atoms with E-state index in [4.69, 9.17) is 0 Å². The lowest BCUT2D eigenvalue weighted by Gasteiger charge is -2.35. The molecule has 156 valence electrons. The summed E-state index contributed by atoms with van der Waals surface area (Å²) in [6.45, 7) is 2.30. The second-order valence-corrected chi connectivity index (χ2v) is 7.75. The fourth-order valence-corrected chi connectivity index (χ4v) is 3.72. The first-order valence-corrected chi connectivity index (χ1v) is 10.1. The van der Waals surface area contributed by atoms with Crippen LogP contribution >= 0.6 is 22.6 Å². The van der Waals surface area contributed by atoms with E-state index in [2.05, 4.69) is 42.2 Å². The molecule has 0 atom stereocenters. The van der Waals surface area contributed by atoms with Gasteiger partial charge in [0.25, 0.3) is 5.91 Å². The van der Waals surface area contributed by atoms with Crippen LogP contribution in [0.4, 0.5) is 19.0 Å². The average molecular weight is 529 g/mol. The number of halogens is 4. The number of piperazine rings is 1. The first kappa shape index (κ1) is 20.6. The van der Waals surface area contributed by atoms with Crippen LogP contribution in [0.2, 0.25) is 0 Å². The van der Waals surface area contributed by atoms with E-state index in [1.54, 1.807) is 17.0 Å². The molecule has 0 saturated carbocycles. The monoisotopic (exact) mass is 529 g/mol. The van der Waals surface area contributed by atoms with Gasteiger partial charge in [0.15, 0.2) is 0 Å². The largest absolute Gasteiger partial charge is 0.471 e. The molecule has 0 N–H and O–H groups in total. The number of hydrogen-bond acceptors (Lipinski definition) is 6. The van der Waals surface area contributed by atoms with Crippen LogP contribution in [0.1, 0.15) is 16.2 Å². The van der Waals surface area contributed by atoms with Crippen molar-refractivity contribution in [2.75, 3.05) is 31.1 Å². The van der Waals surface area contributed by atoms with Crippen LogP contribution in [0.15, 0.2) is 47.1 Å². The number of amides is 1. The molecule has 1 aliphatic rings. The van der Waals surface area contributed by atoms with Crippen molar-refractivity contribution in [3.63, 3.8) is 0 Å². The molecule has 2 aromatic heterocycles. The number of alkyl halides is 3. The molecule has 30 heavy (non-hydrogen) atoms. The Labute approximate surface area is 183 Å².